The van der Waals surface area contributed by atoms with E-state index < -0.39 is 23.8 Å². The first-order chi connectivity index (χ1) is 8.82. The molecule has 0 unspecified atom stereocenters. The SMILES string of the molecule is Cc1sc(C(=O)O)cc1CN1C(=O)C(=O)N(C)C1=O. The van der Waals surface area contributed by atoms with E-state index in [4.69, 9.17) is 5.11 Å². The number of carbonyl (C=O) groups excluding carboxylic acids is 3. The number of nitrogens with zero attached hydrogens (tertiary/aromatic N) is 2. The van der Waals surface area contributed by atoms with Crippen LogP contribution in [0.2, 0.25) is 0 Å². The van der Waals surface area contributed by atoms with Gasteiger partial charge in [-0.05, 0) is 18.6 Å². The minimum absolute atomic E-state index is 0.0939. The zero-order valence-corrected chi connectivity index (χ0v) is 11.0. The number of rotatable bonds is 3. The van der Waals surface area contributed by atoms with Crippen molar-refractivity contribution in [3.63, 3.8) is 0 Å². The summed E-state index contributed by atoms with van der Waals surface area (Å²) in [5, 5.41) is 8.87. The van der Waals surface area contributed by atoms with Crippen LogP contribution in [0.5, 0.6) is 0 Å². The molecule has 0 aromatic carbocycles. The highest BCUT2D eigenvalue weighted by Gasteiger charge is 2.42. The van der Waals surface area contributed by atoms with Crippen molar-refractivity contribution in [2.75, 3.05) is 7.05 Å². The maximum Gasteiger partial charge on any atom is 0.345 e. The Morgan fingerprint density at radius 3 is 2.37 bits per heavy atom. The van der Waals surface area contributed by atoms with Gasteiger partial charge in [-0.1, -0.05) is 0 Å². The molecule has 0 radical (unpaired) electrons. The zero-order valence-electron chi connectivity index (χ0n) is 10.2. The molecule has 0 bridgehead atoms. The van der Waals surface area contributed by atoms with Gasteiger partial charge in [-0.3, -0.25) is 19.4 Å². The molecule has 4 amide bonds. The molecule has 0 atom stereocenters. The molecule has 100 valence electrons. The number of amides is 4. The molecule has 1 fully saturated rings. The van der Waals surface area contributed by atoms with Gasteiger partial charge in [0.15, 0.2) is 0 Å². The molecule has 1 aromatic heterocycles. The number of carboxylic acid groups (broad SMARTS) is 1. The Morgan fingerprint density at radius 2 is 1.95 bits per heavy atom. The first-order valence-corrected chi connectivity index (χ1v) is 6.10. The number of aryl methyl sites for hydroxylation is 1. The molecular formula is C11H10N2O5S. The smallest absolute Gasteiger partial charge is 0.345 e. The average Bonchev–Trinajstić information content (AvgIpc) is 2.80. The molecule has 0 aliphatic carbocycles. The lowest BCUT2D eigenvalue weighted by Crippen LogP contribution is -2.31. The van der Waals surface area contributed by atoms with Crippen LogP contribution in [0, 0.1) is 6.92 Å². The number of likely N-dealkylation sites (N-methyl/N-ethyl adjacent to an activating group) is 1. The van der Waals surface area contributed by atoms with Crippen LogP contribution in [-0.4, -0.2) is 45.8 Å². The topological polar surface area (TPSA) is 95.0 Å². The number of carboxylic acids is 1. The fourth-order valence-electron chi connectivity index (χ4n) is 1.71. The molecule has 1 aliphatic heterocycles. The number of imide groups is 2. The Labute approximate surface area is 112 Å². The molecule has 0 spiro atoms. The number of hydrogen-bond acceptors (Lipinski definition) is 5. The predicted molar refractivity (Wildman–Crippen MR) is 64.7 cm³/mol. The molecule has 0 saturated carbocycles. The molecule has 7 nitrogen and oxygen atoms in total. The summed E-state index contributed by atoms with van der Waals surface area (Å²) in [5.74, 6) is -2.84. The van der Waals surface area contributed by atoms with Crippen LogP contribution < -0.4 is 0 Å². The van der Waals surface area contributed by atoms with Crippen LogP contribution in [-0.2, 0) is 16.1 Å². The van der Waals surface area contributed by atoms with Crippen molar-refractivity contribution >= 4 is 35.2 Å². The van der Waals surface area contributed by atoms with Crippen molar-refractivity contribution in [3.8, 4) is 0 Å². The normalized spacial score (nSPS) is 15.6. The largest absolute Gasteiger partial charge is 0.477 e. The van der Waals surface area contributed by atoms with Gasteiger partial charge in [-0.15, -0.1) is 11.3 Å². The van der Waals surface area contributed by atoms with E-state index in [1.54, 1.807) is 6.92 Å². The van der Waals surface area contributed by atoms with Crippen LogP contribution in [0.15, 0.2) is 6.07 Å². The standard InChI is InChI=1S/C11H10N2O5S/c1-5-6(3-7(19-5)10(16)17)4-13-9(15)8(14)12(2)11(13)18/h3H,4H2,1-2H3,(H,16,17). The minimum Gasteiger partial charge on any atom is -0.477 e. The van der Waals surface area contributed by atoms with Gasteiger partial charge >= 0.3 is 23.8 Å². The highest BCUT2D eigenvalue weighted by molar-refractivity contribution is 7.14. The van der Waals surface area contributed by atoms with E-state index in [0.717, 1.165) is 21.1 Å². The highest BCUT2D eigenvalue weighted by atomic mass is 32.1. The quantitative estimate of drug-likeness (QED) is 0.649. The summed E-state index contributed by atoms with van der Waals surface area (Å²) in [7, 11) is 1.23. The van der Waals surface area contributed by atoms with Crippen molar-refractivity contribution in [2.24, 2.45) is 0 Å². The van der Waals surface area contributed by atoms with Gasteiger partial charge in [0.25, 0.3) is 0 Å². The number of hydrogen-bond donors (Lipinski definition) is 1. The van der Waals surface area contributed by atoms with Gasteiger partial charge in [0.2, 0.25) is 0 Å². The fraction of sp³-hybridized carbons (Fsp3) is 0.273. The van der Waals surface area contributed by atoms with Crippen molar-refractivity contribution < 1.29 is 24.3 Å². The maximum absolute atomic E-state index is 11.7. The Balaban J connectivity index is 2.27. The van der Waals surface area contributed by atoms with E-state index >= 15 is 0 Å². The van der Waals surface area contributed by atoms with Gasteiger partial charge in [0, 0.05) is 11.9 Å². The predicted octanol–water partition coefficient (Wildman–Crippen LogP) is 0.675. The minimum atomic E-state index is -1.06. The van der Waals surface area contributed by atoms with Crippen molar-refractivity contribution in [2.45, 2.75) is 13.5 Å². The molecule has 2 heterocycles. The third-order valence-electron chi connectivity index (χ3n) is 2.81. The van der Waals surface area contributed by atoms with Gasteiger partial charge in [0.1, 0.15) is 4.88 Å². The van der Waals surface area contributed by atoms with Crippen LogP contribution in [0.25, 0.3) is 0 Å². The number of thiophene rings is 1. The average molecular weight is 282 g/mol. The van der Waals surface area contributed by atoms with Crippen LogP contribution in [0.1, 0.15) is 20.1 Å². The van der Waals surface area contributed by atoms with Crippen molar-refractivity contribution in [3.05, 3.63) is 21.4 Å². The molecule has 2 rings (SSSR count). The van der Waals surface area contributed by atoms with Crippen LogP contribution in [0.4, 0.5) is 4.79 Å². The van der Waals surface area contributed by atoms with E-state index in [9.17, 15) is 19.2 Å². The summed E-state index contributed by atoms with van der Waals surface area (Å²) in [6.07, 6.45) is 0. The molecule has 1 aromatic rings. The number of urea groups is 1. The Hall–Kier alpha value is -2.22. The summed E-state index contributed by atoms with van der Waals surface area (Å²) in [4.78, 5) is 47.8. The van der Waals surface area contributed by atoms with E-state index in [1.165, 1.54) is 13.1 Å². The lowest BCUT2D eigenvalue weighted by atomic mass is 10.2. The van der Waals surface area contributed by atoms with Crippen LogP contribution in [0.3, 0.4) is 0 Å². The second-order valence-electron chi connectivity index (χ2n) is 4.04. The second kappa shape index (κ2) is 4.47. The summed E-state index contributed by atoms with van der Waals surface area (Å²) in [5.41, 5.74) is 0.548. The Morgan fingerprint density at radius 1 is 1.32 bits per heavy atom. The Bertz CT molecular complexity index is 606. The van der Waals surface area contributed by atoms with E-state index in [1.807, 2.05) is 0 Å². The third-order valence-corrected chi connectivity index (χ3v) is 3.89. The van der Waals surface area contributed by atoms with Gasteiger partial charge in [-0.25, -0.2) is 9.59 Å². The van der Waals surface area contributed by atoms with Crippen molar-refractivity contribution in [1.82, 2.24) is 9.80 Å². The van der Waals surface area contributed by atoms with E-state index in [-0.39, 0.29) is 11.4 Å². The molecule has 1 N–H and O–H groups in total. The molecular weight excluding hydrogens is 272 g/mol. The lowest BCUT2D eigenvalue weighted by Gasteiger charge is -2.12. The van der Waals surface area contributed by atoms with E-state index in [2.05, 4.69) is 0 Å². The monoisotopic (exact) mass is 282 g/mol. The summed E-state index contributed by atoms with van der Waals surface area (Å²) < 4.78 is 0. The fourth-order valence-corrected chi connectivity index (χ4v) is 2.58. The summed E-state index contributed by atoms with van der Waals surface area (Å²) in [6.45, 7) is 1.60. The van der Waals surface area contributed by atoms with Gasteiger partial charge in [-0.2, -0.15) is 0 Å². The van der Waals surface area contributed by atoms with Gasteiger partial charge < -0.3 is 5.11 Å². The zero-order chi connectivity index (χ0) is 14.3. The number of aromatic carboxylic acids is 1. The molecule has 8 heteroatoms. The first-order valence-electron chi connectivity index (χ1n) is 5.29. The molecule has 19 heavy (non-hydrogen) atoms. The summed E-state index contributed by atoms with van der Waals surface area (Å²) >= 11 is 1.06. The Kier molecular flexibility index (Phi) is 3.11. The summed E-state index contributed by atoms with van der Waals surface area (Å²) in [6, 6.07) is 0.712. The number of carbonyl (C=O) groups is 4. The molecule has 1 aliphatic rings. The lowest BCUT2D eigenvalue weighted by molar-refractivity contribution is -0.143. The van der Waals surface area contributed by atoms with Gasteiger partial charge in [0.05, 0.1) is 6.54 Å². The highest BCUT2D eigenvalue weighted by Crippen LogP contribution is 2.24. The third kappa shape index (κ3) is 2.10. The van der Waals surface area contributed by atoms with Crippen LogP contribution >= 0.6 is 11.3 Å². The maximum atomic E-state index is 11.7. The van der Waals surface area contributed by atoms with E-state index in [0.29, 0.717) is 10.4 Å². The molecule has 1 saturated heterocycles. The second-order valence-corrected chi connectivity index (χ2v) is 5.29. The first kappa shape index (κ1) is 13.2. The van der Waals surface area contributed by atoms with Crippen molar-refractivity contribution in [1.29, 1.82) is 0 Å².